The summed E-state index contributed by atoms with van der Waals surface area (Å²) in [7, 11) is 0. The maximum absolute atomic E-state index is 5.33. The number of ether oxygens (including phenoxy) is 1. The van der Waals surface area contributed by atoms with Crippen molar-refractivity contribution in [2.24, 2.45) is 5.92 Å². The largest absolute Gasteiger partial charge is 0.379 e. The van der Waals surface area contributed by atoms with E-state index in [9.17, 15) is 0 Å². The van der Waals surface area contributed by atoms with Gasteiger partial charge in [0.25, 0.3) is 0 Å². The first-order valence-corrected chi connectivity index (χ1v) is 5.62. The second kappa shape index (κ2) is 5.28. The van der Waals surface area contributed by atoms with E-state index < -0.39 is 0 Å². The summed E-state index contributed by atoms with van der Waals surface area (Å²) in [5.41, 5.74) is 0. The van der Waals surface area contributed by atoms with Gasteiger partial charge in [-0.1, -0.05) is 6.92 Å². The molecular weight excluding hydrogens is 190 g/mol. The Kier molecular flexibility index (Phi) is 3.75. The highest BCUT2D eigenvalue weighted by Crippen LogP contribution is 2.05. The first-order valence-electron chi connectivity index (χ1n) is 5.62. The number of nitrogens with zero attached hydrogens (tertiary/aromatic N) is 3. The molecule has 1 aliphatic heterocycles. The van der Waals surface area contributed by atoms with E-state index in [1.54, 1.807) is 0 Å². The monoisotopic (exact) mass is 209 g/mol. The number of morpholine rings is 1. The van der Waals surface area contributed by atoms with Gasteiger partial charge in [-0.3, -0.25) is 9.58 Å². The maximum Gasteiger partial charge on any atom is 0.0594 e. The van der Waals surface area contributed by atoms with Crippen molar-refractivity contribution in [1.29, 1.82) is 0 Å². The highest BCUT2D eigenvalue weighted by molar-refractivity contribution is 4.78. The summed E-state index contributed by atoms with van der Waals surface area (Å²) < 4.78 is 7.33. The van der Waals surface area contributed by atoms with Gasteiger partial charge >= 0.3 is 0 Å². The second-order valence-electron chi connectivity index (χ2n) is 4.25. The van der Waals surface area contributed by atoms with E-state index in [4.69, 9.17) is 4.74 Å². The van der Waals surface area contributed by atoms with Gasteiger partial charge in [0, 0.05) is 38.6 Å². The molecule has 0 aromatic carbocycles. The van der Waals surface area contributed by atoms with Crippen molar-refractivity contribution in [3.63, 3.8) is 0 Å². The van der Waals surface area contributed by atoms with Gasteiger partial charge in [-0.15, -0.1) is 0 Å². The minimum absolute atomic E-state index is 0.642. The molecule has 4 nitrogen and oxygen atoms in total. The van der Waals surface area contributed by atoms with Crippen LogP contribution in [0, 0.1) is 5.92 Å². The van der Waals surface area contributed by atoms with Gasteiger partial charge in [0.1, 0.15) is 0 Å². The fraction of sp³-hybridized carbons (Fsp3) is 0.727. The molecule has 0 aliphatic carbocycles. The van der Waals surface area contributed by atoms with Crippen molar-refractivity contribution >= 4 is 0 Å². The lowest BCUT2D eigenvalue weighted by molar-refractivity contribution is 0.0305. The van der Waals surface area contributed by atoms with Crippen LogP contribution in [0.3, 0.4) is 0 Å². The van der Waals surface area contributed by atoms with E-state index in [0.29, 0.717) is 5.92 Å². The predicted octanol–water partition coefficient (Wildman–Crippen LogP) is 0.851. The summed E-state index contributed by atoms with van der Waals surface area (Å²) in [6, 6.07) is 1.97. The van der Waals surface area contributed by atoms with E-state index in [2.05, 4.69) is 16.9 Å². The smallest absolute Gasteiger partial charge is 0.0594 e. The van der Waals surface area contributed by atoms with Crippen molar-refractivity contribution in [1.82, 2.24) is 14.7 Å². The third-order valence-electron chi connectivity index (χ3n) is 2.73. The number of hydrogen-bond acceptors (Lipinski definition) is 3. The summed E-state index contributed by atoms with van der Waals surface area (Å²) in [5, 5.41) is 4.22. The Hall–Kier alpha value is -0.870. The van der Waals surface area contributed by atoms with Crippen LogP contribution < -0.4 is 0 Å². The molecule has 0 spiro atoms. The van der Waals surface area contributed by atoms with Crippen LogP contribution in [-0.2, 0) is 11.3 Å². The van der Waals surface area contributed by atoms with Gasteiger partial charge in [0.15, 0.2) is 0 Å². The lowest BCUT2D eigenvalue weighted by Crippen LogP contribution is -2.39. The first kappa shape index (κ1) is 10.6. The lowest BCUT2D eigenvalue weighted by atomic mass is 10.1. The fourth-order valence-electron chi connectivity index (χ4n) is 2.01. The quantitative estimate of drug-likeness (QED) is 0.736. The molecule has 15 heavy (non-hydrogen) atoms. The molecule has 0 N–H and O–H groups in total. The Balaban J connectivity index is 1.74. The molecule has 1 aliphatic rings. The highest BCUT2D eigenvalue weighted by atomic mass is 16.5. The van der Waals surface area contributed by atoms with E-state index in [1.165, 1.54) is 0 Å². The first-order chi connectivity index (χ1) is 7.34. The molecule has 4 heteroatoms. The van der Waals surface area contributed by atoms with Gasteiger partial charge in [-0.2, -0.15) is 5.10 Å². The van der Waals surface area contributed by atoms with E-state index in [-0.39, 0.29) is 0 Å². The lowest BCUT2D eigenvalue weighted by Gasteiger charge is -2.29. The van der Waals surface area contributed by atoms with Crippen LogP contribution in [0.5, 0.6) is 0 Å². The molecule has 1 atom stereocenters. The molecule has 0 bridgehead atoms. The Labute approximate surface area is 90.8 Å². The zero-order valence-electron chi connectivity index (χ0n) is 9.30. The Morgan fingerprint density at radius 2 is 2.13 bits per heavy atom. The zero-order chi connectivity index (χ0) is 10.5. The highest BCUT2D eigenvalue weighted by Gasteiger charge is 2.13. The summed E-state index contributed by atoms with van der Waals surface area (Å²) in [5.74, 6) is 0.642. The Morgan fingerprint density at radius 1 is 1.33 bits per heavy atom. The van der Waals surface area contributed by atoms with Gasteiger partial charge in [-0.05, 0) is 12.0 Å². The van der Waals surface area contributed by atoms with E-state index in [1.807, 2.05) is 23.1 Å². The second-order valence-corrected chi connectivity index (χ2v) is 4.25. The standard InChI is InChI=1S/C11H19N3O/c1-11(10-14-4-2-3-12-14)9-13-5-7-15-8-6-13/h2-4,11H,5-10H2,1H3. The summed E-state index contributed by atoms with van der Waals surface area (Å²) in [6.07, 6.45) is 3.86. The SMILES string of the molecule is CC(CN1CCOCC1)Cn1cccn1. The molecular formula is C11H19N3O. The summed E-state index contributed by atoms with van der Waals surface area (Å²) >= 11 is 0. The Bertz CT molecular complexity index is 267. The topological polar surface area (TPSA) is 30.3 Å². The molecule has 84 valence electrons. The van der Waals surface area contributed by atoms with Crippen LogP contribution in [0.15, 0.2) is 18.5 Å². The molecule has 1 unspecified atom stereocenters. The molecule has 1 aromatic heterocycles. The molecule has 1 saturated heterocycles. The molecule has 0 saturated carbocycles. The van der Waals surface area contributed by atoms with Gasteiger partial charge in [0.05, 0.1) is 13.2 Å². The van der Waals surface area contributed by atoms with Crippen molar-refractivity contribution in [2.45, 2.75) is 13.5 Å². The average molecular weight is 209 g/mol. The van der Waals surface area contributed by atoms with Crippen molar-refractivity contribution in [3.8, 4) is 0 Å². The normalized spacial score (nSPS) is 20.3. The van der Waals surface area contributed by atoms with Crippen molar-refractivity contribution in [2.75, 3.05) is 32.8 Å². The number of hydrogen-bond donors (Lipinski definition) is 0. The fourth-order valence-corrected chi connectivity index (χ4v) is 2.01. The third kappa shape index (κ3) is 3.32. The third-order valence-corrected chi connectivity index (χ3v) is 2.73. The predicted molar refractivity (Wildman–Crippen MR) is 58.7 cm³/mol. The Morgan fingerprint density at radius 3 is 2.80 bits per heavy atom. The molecule has 1 fully saturated rings. The van der Waals surface area contributed by atoms with Crippen LogP contribution >= 0.6 is 0 Å². The maximum atomic E-state index is 5.33. The van der Waals surface area contributed by atoms with Crippen LogP contribution in [-0.4, -0.2) is 47.5 Å². The van der Waals surface area contributed by atoms with Crippen LogP contribution in [0.4, 0.5) is 0 Å². The van der Waals surface area contributed by atoms with Crippen molar-refractivity contribution < 1.29 is 4.74 Å². The van der Waals surface area contributed by atoms with E-state index in [0.717, 1.165) is 39.4 Å². The van der Waals surface area contributed by atoms with Crippen LogP contribution in [0.2, 0.25) is 0 Å². The number of rotatable bonds is 4. The minimum Gasteiger partial charge on any atom is -0.379 e. The minimum atomic E-state index is 0.642. The zero-order valence-corrected chi connectivity index (χ0v) is 9.30. The van der Waals surface area contributed by atoms with Gasteiger partial charge < -0.3 is 4.74 Å². The van der Waals surface area contributed by atoms with E-state index >= 15 is 0 Å². The van der Waals surface area contributed by atoms with Crippen molar-refractivity contribution in [3.05, 3.63) is 18.5 Å². The van der Waals surface area contributed by atoms with Gasteiger partial charge in [-0.25, -0.2) is 0 Å². The molecule has 0 radical (unpaired) electrons. The molecule has 2 rings (SSSR count). The average Bonchev–Trinajstić information content (AvgIpc) is 2.71. The molecule has 2 heterocycles. The van der Waals surface area contributed by atoms with Gasteiger partial charge in [0.2, 0.25) is 0 Å². The van der Waals surface area contributed by atoms with Crippen LogP contribution in [0.1, 0.15) is 6.92 Å². The van der Waals surface area contributed by atoms with Crippen LogP contribution in [0.25, 0.3) is 0 Å². The summed E-state index contributed by atoms with van der Waals surface area (Å²) in [4.78, 5) is 2.47. The number of aromatic nitrogens is 2. The molecule has 0 amide bonds. The molecule has 1 aromatic rings. The summed E-state index contributed by atoms with van der Waals surface area (Å²) in [6.45, 7) is 8.33.